The number of H-pyrrole nitrogens is 1. The lowest BCUT2D eigenvalue weighted by molar-refractivity contribution is 0.0888. The number of hydrogen-bond acceptors (Lipinski definition) is 7. The van der Waals surface area contributed by atoms with Gasteiger partial charge in [-0.25, -0.2) is 4.68 Å². The average Bonchev–Trinajstić information content (AvgIpc) is 3.54. The third kappa shape index (κ3) is 5.31. The molecular formula is C26H31N7O2. The number of rotatable bonds is 9. The van der Waals surface area contributed by atoms with Crippen LogP contribution >= 0.6 is 0 Å². The van der Waals surface area contributed by atoms with E-state index in [1.807, 2.05) is 35.1 Å². The summed E-state index contributed by atoms with van der Waals surface area (Å²) in [6.07, 6.45) is 6.63. The fourth-order valence-electron chi connectivity index (χ4n) is 4.88. The lowest BCUT2D eigenvalue weighted by Crippen LogP contribution is -2.33. The van der Waals surface area contributed by atoms with Gasteiger partial charge >= 0.3 is 0 Å². The van der Waals surface area contributed by atoms with Gasteiger partial charge in [0.2, 0.25) is 0 Å². The summed E-state index contributed by atoms with van der Waals surface area (Å²) in [5.74, 6) is 0.792. The number of aryl methyl sites for hydroxylation is 1. The maximum atomic E-state index is 13.0. The summed E-state index contributed by atoms with van der Waals surface area (Å²) in [6.45, 7) is 6.68. The van der Waals surface area contributed by atoms with Crippen LogP contribution in [0.15, 0.2) is 53.6 Å². The van der Waals surface area contributed by atoms with Crippen molar-refractivity contribution in [3.05, 3.63) is 81.7 Å². The Hall–Kier alpha value is -3.43. The zero-order valence-electron chi connectivity index (χ0n) is 20.2. The monoisotopic (exact) mass is 473 g/mol. The minimum Gasteiger partial charge on any atom is -0.376 e. The molecule has 4 heterocycles. The van der Waals surface area contributed by atoms with Crippen LogP contribution in [0, 0.1) is 6.92 Å². The number of nitrogens with zero attached hydrogens (tertiary/aromatic N) is 6. The molecule has 0 unspecified atom stereocenters. The molecule has 0 bridgehead atoms. The minimum absolute atomic E-state index is 0.0775. The lowest BCUT2D eigenvalue weighted by Gasteiger charge is -2.30. The number of aromatic amines is 1. The Morgan fingerprint density at radius 2 is 2.17 bits per heavy atom. The Kier molecular flexibility index (Phi) is 6.96. The average molecular weight is 474 g/mol. The molecule has 1 aliphatic heterocycles. The van der Waals surface area contributed by atoms with Crippen molar-refractivity contribution in [2.24, 2.45) is 0 Å². The molecule has 182 valence electrons. The smallest absolute Gasteiger partial charge is 0.252 e. The van der Waals surface area contributed by atoms with Crippen LogP contribution in [0.1, 0.15) is 54.7 Å². The normalized spacial score (nSPS) is 16.8. The minimum atomic E-state index is -0.0841. The molecule has 0 radical (unpaired) electrons. The summed E-state index contributed by atoms with van der Waals surface area (Å²) in [4.78, 5) is 22.6. The van der Waals surface area contributed by atoms with Crippen LogP contribution in [0.3, 0.4) is 0 Å². The zero-order chi connectivity index (χ0) is 24.2. The number of nitrogens with one attached hydrogen (secondary N) is 1. The predicted molar refractivity (Wildman–Crippen MR) is 133 cm³/mol. The molecule has 9 nitrogen and oxygen atoms in total. The maximum absolute atomic E-state index is 13.0. The molecule has 2 atom stereocenters. The first-order valence-electron chi connectivity index (χ1n) is 12.2. The summed E-state index contributed by atoms with van der Waals surface area (Å²) in [5, 5.41) is 13.7. The van der Waals surface area contributed by atoms with Crippen molar-refractivity contribution in [2.45, 2.75) is 64.9 Å². The van der Waals surface area contributed by atoms with Gasteiger partial charge in [-0.1, -0.05) is 24.6 Å². The van der Waals surface area contributed by atoms with Gasteiger partial charge in [0, 0.05) is 43.2 Å². The molecule has 0 aliphatic carbocycles. The van der Waals surface area contributed by atoms with E-state index in [1.54, 1.807) is 6.20 Å². The lowest BCUT2D eigenvalue weighted by atomic mass is 10.1. The largest absolute Gasteiger partial charge is 0.376 e. The van der Waals surface area contributed by atoms with E-state index in [0.29, 0.717) is 25.2 Å². The highest BCUT2D eigenvalue weighted by Gasteiger charge is 2.28. The summed E-state index contributed by atoms with van der Waals surface area (Å²) in [7, 11) is 0. The SMILES string of the molecule is CC[C@H](c1nnnn1C[C@H]1CCCO1)N(Cc1cccnc1)Cc1cc2cc(C)ccc2[nH]c1=O. The summed E-state index contributed by atoms with van der Waals surface area (Å²) in [6, 6.07) is 12.0. The van der Waals surface area contributed by atoms with Gasteiger partial charge in [-0.2, -0.15) is 0 Å². The fourth-order valence-corrected chi connectivity index (χ4v) is 4.88. The molecule has 0 saturated carbocycles. The van der Waals surface area contributed by atoms with E-state index in [1.165, 1.54) is 0 Å². The summed E-state index contributed by atoms with van der Waals surface area (Å²) in [5.41, 5.74) is 3.70. The second-order valence-corrected chi connectivity index (χ2v) is 9.26. The van der Waals surface area contributed by atoms with E-state index in [0.717, 1.165) is 53.7 Å². The summed E-state index contributed by atoms with van der Waals surface area (Å²) >= 11 is 0. The number of tetrazole rings is 1. The van der Waals surface area contributed by atoms with Gasteiger partial charge in [-0.3, -0.25) is 14.7 Å². The highest BCUT2D eigenvalue weighted by molar-refractivity contribution is 5.79. The molecule has 1 aromatic carbocycles. The Labute approximate surface area is 204 Å². The summed E-state index contributed by atoms with van der Waals surface area (Å²) < 4.78 is 7.70. The Morgan fingerprint density at radius 1 is 1.26 bits per heavy atom. The van der Waals surface area contributed by atoms with Crippen molar-refractivity contribution in [2.75, 3.05) is 6.61 Å². The predicted octanol–water partition coefficient (Wildman–Crippen LogP) is 3.55. The molecular weight excluding hydrogens is 442 g/mol. The molecule has 1 N–H and O–H groups in total. The van der Waals surface area contributed by atoms with Crippen LogP contribution in [0.2, 0.25) is 0 Å². The van der Waals surface area contributed by atoms with E-state index < -0.39 is 0 Å². The van der Waals surface area contributed by atoms with Crippen molar-refractivity contribution in [1.82, 2.24) is 35.1 Å². The number of aromatic nitrogens is 6. The highest BCUT2D eigenvalue weighted by Crippen LogP contribution is 2.27. The van der Waals surface area contributed by atoms with Crippen LogP contribution in [0.25, 0.3) is 10.9 Å². The van der Waals surface area contributed by atoms with Crippen molar-refractivity contribution < 1.29 is 4.74 Å². The van der Waals surface area contributed by atoms with Gasteiger partial charge in [0.05, 0.1) is 18.7 Å². The second kappa shape index (κ2) is 10.5. The first kappa shape index (κ1) is 23.3. The van der Waals surface area contributed by atoms with E-state index in [4.69, 9.17) is 4.74 Å². The highest BCUT2D eigenvalue weighted by atomic mass is 16.5. The topological polar surface area (TPSA) is 102 Å². The van der Waals surface area contributed by atoms with Crippen LogP contribution in [0.5, 0.6) is 0 Å². The van der Waals surface area contributed by atoms with Crippen LogP contribution < -0.4 is 5.56 Å². The quantitative estimate of drug-likeness (QED) is 0.397. The molecule has 5 rings (SSSR count). The Morgan fingerprint density at radius 3 is 2.94 bits per heavy atom. The van der Waals surface area contributed by atoms with Crippen molar-refractivity contribution in [1.29, 1.82) is 0 Å². The number of benzene rings is 1. The van der Waals surface area contributed by atoms with Crippen LogP contribution in [-0.4, -0.2) is 47.8 Å². The molecule has 9 heteroatoms. The van der Waals surface area contributed by atoms with Gasteiger partial charge in [0.1, 0.15) is 0 Å². The van der Waals surface area contributed by atoms with Crippen LogP contribution in [0.4, 0.5) is 0 Å². The van der Waals surface area contributed by atoms with Crippen LogP contribution in [-0.2, 0) is 24.4 Å². The van der Waals surface area contributed by atoms with Crippen molar-refractivity contribution in [3.63, 3.8) is 0 Å². The number of pyridine rings is 2. The zero-order valence-corrected chi connectivity index (χ0v) is 20.2. The molecule has 0 spiro atoms. The first-order valence-corrected chi connectivity index (χ1v) is 12.2. The van der Waals surface area contributed by atoms with Crippen molar-refractivity contribution in [3.8, 4) is 0 Å². The number of fused-ring (bicyclic) bond motifs is 1. The molecule has 0 amide bonds. The molecule has 3 aromatic heterocycles. The standard InChI is InChI=1S/C26H31N7O2/c1-3-24(25-29-30-31-33(25)17-22-7-5-11-35-22)32(15-19-6-4-10-27-14-19)16-21-13-20-12-18(2)8-9-23(20)28-26(21)34/h4,6,8-10,12-14,22,24H,3,5,7,11,15-17H2,1-2H3,(H,28,34)/t22-,24-/m1/s1. The van der Waals surface area contributed by atoms with Gasteiger partial charge in [0.25, 0.3) is 5.56 Å². The third-order valence-electron chi connectivity index (χ3n) is 6.64. The first-order chi connectivity index (χ1) is 17.1. The fraction of sp³-hybridized carbons (Fsp3) is 0.423. The maximum Gasteiger partial charge on any atom is 0.252 e. The molecule has 1 saturated heterocycles. The van der Waals surface area contributed by atoms with E-state index in [-0.39, 0.29) is 17.7 Å². The van der Waals surface area contributed by atoms with E-state index >= 15 is 0 Å². The third-order valence-corrected chi connectivity index (χ3v) is 6.64. The van der Waals surface area contributed by atoms with Gasteiger partial charge in [-0.05, 0) is 71.8 Å². The van der Waals surface area contributed by atoms with Gasteiger partial charge in [-0.15, -0.1) is 5.10 Å². The van der Waals surface area contributed by atoms with Crippen molar-refractivity contribution >= 4 is 10.9 Å². The Bertz CT molecular complexity index is 1330. The molecule has 35 heavy (non-hydrogen) atoms. The molecule has 1 aliphatic rings. The van der Waals surface area contributed by atoms with Gasteiger partial charge < -0.3 is 9.72 Å². The second-order valence-electron chi connectivity index (χ2n) is 9.26. The number of hydrogen-bond donors (Lipinski definition) is 1. The number of ether oxygens (including phenoxy) is 1. The molecule has 1 fully saturated rings. The van der Waals surface area contributed by atoms with E-state index in [9.17, 15) is 4.79 Å². The van der Waals surface area contributed by atoms with E-state index in [2.05, 4.69) is 56.4 Å². The van der Waals surface area contributed by atoms with Gasteiger partial charge in [0.15, 0.2) is 5.82 Å². The Balaban J connectivity index is 1.50. The molecule has 4 aromatic rings.